The van der Waals surface area contributed by atoms with Crippen molar-refractivity contribution >= 4 is 23.6 Å². The average molecular weight is 231 g/mol. The highest BCUT2D eigenvalue weighted by Gasteiger charge is 2.15. The maximum Gasteiger partial charge on any atom is 0.274 e. The zero-order valence-electron chi connectivity index (χ0n) is 8.01. The van der Waals surface area contributed by atoms with Gasteiger partial charge in [-0.2, -0.15) is 0 Å². The van der Waals surface area contributed by atoms with Crippen LogP contribution in [0, 0.1) is 0 Å². The number of nitrogens with two attached hydrogens (primary N) is 1. The molecule has 2 aromatic heterocycles. The summed E-state index contributed by atoms with van der Waals surface area (Å²) in [4.78, 5) is 0. The van der Waals surface area contributed by atoms with Gasteiger partial charge in [-0.3, -0.25) is 0 Å². The number of aromatic amines is 1. The van der Waals surface area contributed by atoms with E-state index in [1.807, 2.05) is 24.4 Å². The number of pyridine rings is 1. The molecule has 0 aliphatic carbocycles. The Morgan fingerprint density at radius 3 is 2.93 bits per heavy atom. The number of hydrogen-bond donors (Lipinski definition) is 3. The predicted molar refractivity (Wildman–Crippen MR) is 58.2 cm³/mol. The quantitative estimate of drug-likeness (QED) is 0.656. The summed E-state index contributed by atoms with van der Waals surface area (Å²) >= 11 is 0. The summed E-state index contributed by atoms with van der Waals surface area (Å²) < 4.78 is 6.99. The molecule has 0 aromatic carbocycles. The number of anilines is 1. The monoisotopic (exact) mass is 230 g/mol. The van der Waals surface area contributed by atoms with Crippen LogP contribution in [-0.2, 0) is 0 Å². The third-order valence-electron chi connectivity index (χ3n) is 1.94. The van der Waals surface area contributed by atoms with Gasteiger partial charge in [-0.1, -0.05) is 4.52 Å². The van der Waals surface area contributed by atoms with E-state index >= 15 is 0 Å². The molecule has 82 valence electrons. The normalized spacial score (nSPS) is 9.93. The lowest BCUT2D eigenvalue weighted by molar-refractivity contribution is -0.577. The van der Waals surface area contributed by atoms with Crippen molar-refractivity contribution in [2.75, 3.05) is 18.9 Å². The standard InChI is InChI=1S/C9H11N3O2.ClH/c10-8-7-3-1-2-4-12(7)11-9(8)14-6-5-13;/h1-4,13H,5-6,10H2;1H/p+1. The van der Waals surface area contributed by atoms with Crippen molar-refractivity contribution in [2.24, 2.45) is 0 Å². The van der Waals surface area contributed by atoms with E-state index in [-0.39, 0.29) is 25.6 Å². The van der Waals surface area contributed by atoms with Gasteiger partial charge in [0.25, 0.3) is 11.4 Å². The highest BCUT2D eigenvalue weighted by Crippen LogP contribution is 2.20. The van der Waals surface area contributed by atoms with E-state index in [0.29, 0.717) is 11.6 Å². The van der Waals surface area contributed by atoms with E-state index in [9.17, 15) is 0 Å². The van der Waals surface area contributed by atoms with Crippen molar-refractivity contribution in [1.29, 1.82) is 0 Å². The largest absolute Gasteiger partial charge is 0.472 e. The molecule has 0 atom stereocenters. The molecule has 0 radical (unpaired) electrons. The molecular formula is C9H13ClN3O2+. The summed E-state index contributed by atoms with van der Waals surface area (Å²) in [5.74, 6) is 0.491. The minimum absolute atomic E-state index is 0. The van der Waals surface area contributed by atoms with Crippen LogP contribution < -0.4 is 15.0 Å². The lowest BCUT2D eigenvalue weighted by atomic mass is 10.4. The zero-order chi connectivity index (χ0) is 9.97. The maximum absolute atomic E-state index is 8.61. The number of halogens is 1. The number of aromatic nitrogens is 2. The van der Waals surface area contributed by atoms with Crippen molar-refractivity contribution in [3.63, 3.8) is 0 Å². The minimum atomic E-state index is -0.0283. The van der Waals surface area contributed by atoms with Crippen molar-refractivity contribution in [2.45, 2.75) is 0 Å². The molecule has 0 spiro atoms. The number of aliphatic hydroxyl groups is 1. The lowest BCUT2D eigenvalue weighted by Gasteiger charge is -1.97. The summed E-state index contributed by atoms with van der Waals surface area (Å²) in [7, 11) is 0. The molecule has 2 rings (SSSR count). The molecule has 5 nitrogen and oxygen atoms in total. The summed E-state index contributed by atoms with van der Waals surface area (Å²) in [6.07, 6.45) is 1.84. The molecule has 0 unspecified atom stereocenters. The van der Waals surface area contributed by atoms with Gasteiger partial charge in [-0.25, -0.2) is 0 Å². The molecule has 2 heterocycles. The van der Waals surface area contributed by atoms with Crippen LogP contribution in [0.1, 0.15) is 0 Å². The van der Waals surface area contributed by atoms with Gasteiger partial charge in [0.15, 0.2) is 5.69 Å². The molecule has 4 N–H and O–H groups in total. The van der Waals surface area contributed by atoms with Gasteiger partial charge in [-0.15, -0.1) is 17.5 Å². The SMILES string of the molecule is Cl.Nc1c(OCCO)[nH][n+]2ccccc12. The highest BCUT2D eigenvalue weighted by molar-refractivity contribution is 5.85. The number of nitrogen functional groups attached to an aromatic ring is 1. The molecule has 6 heteroatoms. The molecule has 0 amide bonds. The van der Waals surface area contributed by atoms with Gasteiger partial charge in [0.05, 0.1) is 6.61 Å². The van der Waals surface area contributed by atoms with Crippen LogP contribution in [0.2, 0.25) is 0 Å². The van der Waals surface area contributed by atoms with Crippen LogP contribution in [-0.4, -0.2) is 23.4 Å². The van der Waals surface area contributed by atoms with Crippen molar-refractivity contribution in [3.8, 4) is 5.88 Å². The fourth-order valence-electron chi connectivity index (χ4n) is 1.30. The van der Waals surface area contributed by atoms with E-state index < -0.39 is 0 Å². The van der Waals surface area contributed by atoms with E-state index in [4.69, 9.17) is 15.6 Å². The second-order valence-electron chi connectivity index (χ2n) is 2.88. The Kier molecular flexibility index (Phi) is 3.76. The van der Waals surface area contributed by atoms with Crippen molar-refractivity contribution in [3.05, 3.63) is 24.4 Å². The summed E-state index contributed by atoms with van der Waals surface area (Å²) in [6.45, 7) is 0.205. The minimum Gasteiger partial charge on any atom is -0.472 e. The van der Waals surface area contributed by atoms with E-state index in [0.717, 1.165) is 5.52 Å². The first-order chi connectivity index (χ1) is 6.83. The van der Waals surface area contributed by atoms with Crippen molar-refractivity contribution in [1.82, 2.24) is 5.10 Å². The molecule has 0 saturated heterocycles. The first-order valence-corrected chi connectivity index (χ1v) is 4.34. The van der Waals surface area contributed by atoms with Crippen LogP contribution in [0.5, 0.6) is 5.88 Å². The second kappa shape index (κ2) is 4.86. The molecular weight excluding hydrogens is 218 g/mol. The van der Waals surface area contributed by atoms with Crippen LogP contribution in [0.25, 0.3) is 5.52 Å². The van der Waals surface area contributed by atoms with Crippen LogP contribution in [0.4, 0.5) is 5.69 Å². The molecule has 2 aromatic rings. The number of nitrogens with one attached hydrogen (secondary N) is 1. The molecule has 0 saturated carbocycles. The molecule has 15 heavy (non-hydrogen) atoms. The van der Waals surface area contributed by atoms with Gasteiger partial charge in [-0.05, 0) is 6.07 Å². The second-order valence-corrected chi connectivity index (χ2v) is 2.88. The first kappa shape index (κ1) is 11.6. The number of hydrogen-bond acceptors (Lipinski definition) is 3. The Labute approximate surface area is 92.9 Å². The van der Waals surface area contributed by atoms with Crippen LogP contribution in [0.15, 0.2) is 24.4 Å². The fraction of sp³-hybridized carbons (Fsp3) is 0.222. The smallest absolute Gasteiger partial charge is 0.274 e. The number of aliphatic hydroxyl groups excluding tert-OH is 1. The Bertz CT molecular complexity index is 444. The summed E-state index contributed by atoms with van der Waals surface area (Å²) in [5, 5.41) is 11.6. The van der Waals surface area contributed by atoms with Crippen LogP contribution >= 0.6 is 12.4 Å². The summed E-state index contributed by atoms with van der Waals surface area (Å²) in [6, 6.07) is 5.67. The Hall–Kier alpha value is -1.46. The van der Waals surface area contributed by atoms with Crippen molar-refractivity contribution < 1.29 is 14.4 Å². The summed E-state index contributed by atoms with van der Waals surface area (Å²) in [5.41, 5.74) is 7.24. The lowest BCUT2D eigenvalue weighted by Crippen LogP contribution is -2.21. The maximum atomic E-state index is 8.61. The van der Waals surface area contributed by atoms with Gasteiger partial charge < -0.3 is 15.6 Å². The number of nitrogens with zero attached hydrogens (tertiary/aromatic N) is 1. The Morgan fingerprint density at radius 1 is 1.47 bits per heavy atom. The van der Waals surface area contributed by atoms with Crippen LogP contribution in [0.3, 0.4) is 0 Å². The van der Waals surface area contributed by atoms with Gasteiger partial charge >= 0.3 is 0 Å². The van der Waals surface area contributed by atoms with E-state index in [1.165, 1.54) is 0 Å². The van der Waals surface area contributed by atoms with Gasteiger partial charge in [0.1, 0.15) is 6.61 Å². The molecule has 0 aliphatic heterocycles. The van der Waals surface area contributed by atoms with Gasteiger partial charge in [0.2, 0.25) is 6.20 Å². The Balaban J connectivity index is 0.00000112. The molecule has 0 fully saturated rings. The molecule has 0 aliphatic rings. The Morgan fingerprint density at radius 2 is 2.27 bits per heavy atom. The fourth-order valence-corrected chi connectivity index (χ4v) is 1.30. The van der Waals surface area contributed by atoms with E-state index in [2.05, 4.69) is 5.10 Å². The predicted octanol–water partition coefficient (Wildman–Crippen LogP) is 0.128. The number of H-pyrrole nitrogens is 1. The first-order valence-electron chi connectivity index (χ1n) is 4.34. The number of ether oxygens (including phenoxy) is 1. The number of rotatable bonds is 3. The highest BCUT2D eigenvalue weighted by atomic mass is 35.5. The third-order valence-corrected chi connectivity index (χ3v) is 1.94. The van der Waals surface area contributed by atoms with Gasteiger partial charge in [0, 0.05) is 12.1 Å². The van der Waals surface area contributed by atoms with E-state index in [1.54, 1.807) is 4.52 Å². The zero-order valence-corrected chi connectivity index (χ0v) is 8.83. The average Bonchev–Trinajstić information content (AvgIpc) is 2.54. The molecule has 0 bridgehead atoms. The number of fused-ring (bicyclic) bond motifs is 1. The topological polar surface area (TPSA) is 75.4 Å². The third kappa shape index (κ3) is 2.14.